The number of halogens is 2. The molecule has 0 bridgehead atoms. The predicted octanol–water partition coefficient (Wildman–Crippen LogP) is 4.57. The Hall–Kier alpha value is -0.0500. The largest absolute Gasteiger partial charge is 0.388 e. The number of aliphatic hydroxyl groups is 1. The molecule has 0 aliphatic heterocycles. The van der Waals surface area contributed by atoms with Crippen LogP contribution < -0.4 is 0 Å². The van der Waals surface area contributed by atoms with Crippen LogP contribution in [-0.4, -0.2) is 5.11 Å². The van der Waals surface area contributed by atoms with Crippen LogP contribution >= 0.6 is 27.5 Å². The average Bonchev–Trinajstić information content (AvgIpc) is 2.18. The molecule has 84 valence electrons. The molecular formula is C12H16BrClO. The van der Waals surface area contributed by atoms with Crippen LogP contribution in [0.3, 0.4) is 0 Å². The van der Waals surface area contributed by atoms with Gasteiger partial charge in [-0.2, -0.15) is 0 Å². The summed E-state index contributed by atoms with van der Waals surface area (Å²) < 4.78 is 0.838. The van der Waals surface area contributed by atoms with Crippen molar-refractivity contribution in [3.8, 4) is 0 Å². The Bertz CT molecular complexity index is 325. The van der Waals surface area contributed by atoms with Crippen LogP contribution in [0.2, 0.25) is 5.02 Å². The number of rotatable bonds is 4. The summed E-state index contributed by atoms with van der Waals surface area (Å²) in [6, 6.07) is 5.56. The van der Waals surface area contributed by atoms with E-state index in [-0.39, 0.29) is 6.10 Å². The summed E-state index contributed by atoms with van der Waals surface area (Å²) in [5.74, 6) is 0.621. The van der Waals surface area contributed by atoms with Gasteiger partial charge >= 0.3 is 0 Å². The lowest BCUT2D eigenvalue weighted by Crippen LogP contribution is -1.99. The van der Waals surface area contributed by atoms with Gasteiger partial charge in [-0.3, -0.25) is 0 Å². The van der Waals surface area contributed by atoms with E-state index in [0.717, 1.165) is 22.9 Å². The van der Waals surface area contributed by atoms with Gasteiger partial charge in [0.1, 0.15) is 0 Å². The van der Waals surface area contributed by atoms with Crippen molar-refractivity contribution in [2.45, 2.75) is 32.8 Å². The van der Waals surface area contributed by atoms with Crippen molar-refractivity contribution >= 4 is 27.5 Å². The maximum absolute atomic E-state index is 9.92. The normalized spacial score (nSPS) is 13.2. The van der Waals surface area contributed by atoms with Crippen molar-refractivity contribution in [1.82, 2.24) is 0 Å². The Morgan fingerprint density at radius 3 is 2.53 bits per heavy atom. The van der Waals surface area contributed by atoms with E-state index in [2.05, 4.69) is 29.8 Å². The zero-order valence-corrected chi connectivity index (χ0v) is 11.3. The van der Waals surface area contributed by atoms with Gasteiger partial charge in [0.25, 0.3) is 0 Å². The SMILES string of the molecule is CC(C)CCC(O)c1ccc(Cl)c(Br)c1. The van der Waals surface area contributed by atoms with Gasteiger partial charge in [0.05, 0.1) is 11.1 Å². The summed E-state index contributed by atoms with van der Waals surface area (Å²) in [5.41, 5.74) is 0.923. The molecule has 0 aromatic heterocycles. The summed E-state index contributed by atoms with van der Waals surface area (Å²) in [6.07, 6.45) is 1.44. The first kappa shape index (κ1) is 13.0. The number of hydrogen-bond acceptors (Lipinski definition) is 1. The molecule has 0 aliphatic rings. The second-order valence-corrected chi connectivity index (χ2v) is 5.42. The van der Waals surface area contributed by atoms with Gasteiger partial charge < -0.3 is 5.11 Å². The fourth-order valence-electron chi connectivity index (χ4n) is 1.38. The molecular weight excluding hydrogens is 275 g/mol. The standard InChI is InChI=1S/C12H16BrClO/c1-8(2)3-6-12(15)9-4-5-11(14)10(13)7-9/h4-5,7-8,12,15H,3,6H2,1-2H3. The molecule has 1 atom stereocenters. The average molecular weight is 292 g/mol. The lowest BCUT2D eigenvalue weighted by Gasteiger charge is -2.13. The highest BCUT2D eigenvalue weighted by Gasteiger charge is 2.09. The van der Waals surface area contributed by atoms with Gasteiger partial charge in [-0.1, -0.05) is 31.5 Å². The fourth-order valence-corrected chi connectivity index (χ4v) is 1.89. The van der Waals surface area contributed by atoms with Crippen LogP contribution in [0.4, 0.5) is 0 Å². The van der Waals surface area contributed by atoms with Crippen molar-refractivity contribution in [3.63, 3.8) is 0 Å². The van der Waals surface area contributed by atoms with E-state index in [1.54, 1.807) is 6.07 Å². The smallest absolute Gasteiger partial charge is 0.0790 e. The van der Waals surface area contributed by atoms with Crippen LogP contribution in [0.15, 0.2) is 22.7 Å². The van der Waals surface area contributed by atoms with Gasteiger partial charge in [0, 0.05) is 4.47 Å². The molecule has 0 aliphatic carbocycles. The summed E-state index contributed by atoms with van der Waals surface area (Å²) in [7, 11) is 0. The van der Waals surface area contributed by atoms with Gasteiger partial charge in [-0.25, -0.2) is 0 Å². The molecule has 0 spiro atoms. The van der Waals surface area contributed by atoms with E-state index in [1.807, 2.05) is 12.1 Å². The molecule has 0 saturated carbocycles. The molecule has 3 heteroatoms. The molecule has 1 aromatic rings. The Balaban J connectivity index is 2.65. The van der Waals surface area contributed by atoms with Crippen molar-refractivity contribution in [1.29, 1.82) is 0 Å². The van der Waals surface area contributed by atoms with Gasteiger partial charge in [-0.15, -0.1) is 0 Å². The molecule has 0 amide bonds. The molecule has 0 heterocycles. The zero-order valence-electron chi connectivity index (χ0n) is 9.00. The third kappa shape index (κ3) is 4.13. The van der Waals surface area contributed by atoms with Crippen LogP contribution in [-0.2, 0) is 0 Å². The van der Waals surface area contributed by atoms with Crippen molar-refractivity contribution < 1.29 is 5.11 Å². The highest BCUT2D eigenvalue weighted by atomic mass is 79.9. The van der Waals surface area contributed by atoms with E-state index >= 15 is 0 Å². The van der Waals surface area contributed by atoms with E-state index in [9.17, 15) is 5.11 Å². The minimum atomic E-state index is -0.388. The summed E-state index contributed by atoms with van der Waals surface area (Å²) in [4.78, 5) is 0. The number of aliphatic hydroxyl groups excluding tert-OH is 1. The monoisotopic (exact) mass is 290 g/mol. The van der Waals surface area contributed by atoms with E-state index in [4.69, 9.17) is 11.6 Å². The number of hydrogen-bond donors (Lipinski definition) is 1. The Morgan fingerprint density at radius 1 is 1.33 bits per heavy atom. The number of benzene rings is 1. The quantitative estimate of drug-likeness (QED) is 0.861. The topological polar surface area (TPSA) is 20.2 Å². The minimum Gasteiger partial charge on any atom is -0.388 e. The van der Waals surface area contributed by atoms with Crippen molar-refractivity contribution in [2.24, 2.45) is 5.92 Å². The highest BCUT2D eigenvalue weighted by Crippen LogP contribution is 2.28. The van der Waals surface area contributed by atoms with Crippen LogP contribution in [0, 0.1) is 5.92 Å². The molecule has 1 aromatic carbocycles. The Kier molecular flexibility index (Phi) is 5.10. The molecule has 0 saturated heterocycles. The summed E-state index contributed by atoms with van der Waals surface area (Å²) in [6.45, 7) is 4.31. The zero-order chi connectivity index (χ0) is 11.4. The first-order valence-electron chi connectivity index (χ1n) is 5.13. The van der Waals surface area contributed by atoms with Crippen molar-refractivity contribution in [3.05, 3.63) is 33.3 Å². The molecule has 1 nitrogen and oxygen atoms in total. The van der Waals surface area contributed by atoms with E-state index < -0.39 is 0 Å². The van der Waals surface area contributed by atoms with E-state index in [0.29, 0.717) is 10.9 Å². The third-order valence-corrected chi connectivity index (χ3v) is 3.56. The molecule has 1 rings (SSSR count). The minimum absolute atomic E-state index is 0.388. The molecule has 0 radical (unpaired) electrons. The highest BCUT2D eigenvalue weighted by molar-refractivity contribution is 9.10. The lowest BCUT2D eigenvalue weighted by atomic mass is 10.00. The van der Waals surface area contributed by atoms with Crippen molar-refractivity contribution in [2.75, 3.05) is 0 Å². The van der Waals surface area contributed by atoms with Crippen LogP contribution in [0.1, 0.15) is 38.4 Å². The van der Waals surface area contributed by atoms with Gasteiger partial charge in [0.2, 0.25) is 0 Å². The molecule has 0 fully saturated rings. The first-order chi connectivity index (χ1) is 7.00. The van der Waals surface area contributed by atoms with E-state index in [1.165, 1.54) is 0 Å². The Labute approximate surface area is 105 Å². The van der Waals surface area contributed by atoms with Crippen LogP contribution in [0.25, 0.3) is 0 Å². The predicted molar refractivity (Wildman–Crippen MR) is 68.2 cm³/mol. The summed E-state index contributed by atoms with van der Waals surface area (Å²) >= 11 is 9.24. The molecule has 1 N–H and O–H groups in total. The Morgan fingerprint density at radius 2 is 2.00 bits per heavy atom. The lowest BCUT2D eigenvalue weighted by molar-refractivity contribution is 0.159. The fraction of sp³-hybridized carbons (Fsp3) is 0.500. The summed E-state index contributed by atoms with van der Waals surface area (Å²) in [5, 5.41) is 10.6. The maximum atomic E-state index is 9.92. The second kappa shape index (κ2) is 5.88. The maximum Gasteiger partial charge on any atom is 0.0790 e. The second-order valence-electron chi connectivity index (χ2n) is 4.16. The molecule has 1 unspecified atom stereocenters. The third-order valence-electron chi connectivity index (χ3n) is 2.35. The van der Waals surface area contributed by atoms with Gasteiger partial charge in [-0.05, 0) is 52.4 Å². The first-order valence-corrected chi connectivity index (χ1v) is 6.31. The molecule has 15 heavy (non-hydrogen) atoms. The van der Waals surface area contributed by atoms with Crippen LogP contribution in [0.5, 0.6) is 0 Å². The van der Waals surface area contributed by atoms with Gasteiger partial charge in [0.15, 0.2) is 0 Å².